The van der Waals surface area contributed by atoms with Gasteiger partial charge in [0.05, 0.1) is 0 Å². The molecule has 4 rings (SSSR count). The zero-order chi connectivity index (χ0) is 16.9. The highest BCUT2D eigenvalue weighted by Gasteiger charge is 2.61. The molecule has 122 valence electrons. The van der Waals surface area contributed by atoms with Gasteiger partial charge in [0.15, 0.2) is 5.78 Å². The number of fused-ring (bicyclic) bond motifs is 5. The molecule has 23 heavy (non-hydrogen) atoms. The maximum atomic E-state index is 11.8. The number of hydrogen-bond acceptors (Lipinski definition) is 2. The zero-order valence-electron chi connectivity index (χ0n) is 14.9. The SMILES string of the molecule is [2H]O[C@@]1(C#C)C=C[C@H]2[C@@H]3CCC4=CC(=O)CC[C@@H]4[C@H]3CC[C@@]21CC. The smallest absolute Gasteiger partial charge is 0.213 e. The van der Waals surface area contributed by atoms with Crippen molar-refractivity contribution in [3.05, 3.63) is 23.8 Å². The van der Waals surface area contributed by atoms with Crippen LogP contribution in [0.2, 0.25) is 0 Å². The van der Waals surface area contributed by atoms with Crippen LogP contribution >= 0.6 is 0 Å². The molecule has 0 radical (unpaired) electrons. The lowest BCUT2D eigenvalue weighted by molar-refractivity contribution is -0.116. The first kappa shape index (κ1) is 14.1. The molecule has 0 unspecified atom stereocenters. The van der Waals surface area contributed by atoms with Crippen molar-refractivity contribution < 1.29 is 9.90 Å². The first-order valence-corrected chi connectivity index (χ1v) is 9.15. The van der Waals surface area contributed by atoms with E-state index in [1.54, 1.807) is 0 Å². The minimum absolute atomic E-state index is 0.129. The predicted octanol–water partition coefficient (Wildman–Crippen LogP) is 3.66. The Kier molecular flexibility index (Phi) is 3.10. The largest absolute Gasteiger partial charge is 0.373 e. The molecule has 0 saturated heterocycles. The van der Waals surface area contributed by atoms with Crippen LogP contribution in [0.3, 0.4) is 0 Å². The van der Waals surface area contributed by atoms with E-state index in [1.165, 1.54) is 5.57 Å². The number of carbonyl (C=O) groups is 1. The number of carbonyl (C=O) groups excluding carboxylic acids is 1. The van der Waals surface area contributed by atoms with Crippen LogP contribution in [-0.2, 0) is 4.79 Å². The number of aliphatic hydroxyl groups is 1. The summed E-state index contributed by atoms with van der Waals surface area (Å²) in [5.41, 5.74) is 0.408. The van der Waals surface area contributed by atoms with E-state index in [-0.39, 0.29) is 5.41 Å². The molecular formula is C21H26O2. The third-order valence-electron chi connectivity index (χ3n) is 7.50. The molecule has 1 N–H and O–H groups in total. The third-order valence-corrected chi connectivity index (χ3v) is 7.50. The van der Waals surface area contributed by atoms with Crippen molar-refractivity contribution in [2.24, 2.45) is 29.1 Å². The van der Waals surface area contributed by atoms with E-state index in [2.05, 4.69) is 18.9 Å². The van der Waals surface area contributed by atoms with E-state index in [9.17, 15) is 4.79 Å². The van der Waals surface area contributed by atoms with E-state index in [0.29, 0.717) is 35.9 Å². The van der Waals surface area contributed by atoms with Crippen molar-refractivity contribution in [3.63, 3.8) is 0 Å². The van der Waals surface area contributed by atoms with Crippen LogP contribution in [0.1, 0.15) is 51.9 Å². The molecule has 0 aromatic carbocycles. The van der Waals surface area contributed by atoms with Crippen molar-refractivity contribution in [2.45, 2.75) is 57.5 Å². The van der Waals surface area contributed by atoms with Crippen molar-refractivity contribution >= 4 is 5.78 Å². The molecule has 2 fully saturated rings. The second kappa shape index (κ2) is 5.08. The fraction of sp³-hybridized carbons (Fsp3) is 0.667. The summed E-state index contributed by atoms with van der Waals surface area (Å²) in [7, 11) is 0. The van der Waals surface area contributed by atoms with Gasteiger partial charge < -0.3 is 5.11 Å². The fourth-order valence-electron chi connectivity index (χ4n) is 6.36. The van der Waals surface area contributed by atoms with Crippen LogP contribution < -0.4 is 0 Å². The third kappa shape index (κ3) is 1.89. The molecule has 2 heteroatoms. The van der Waals surface area contributed by atoms with Crippen LogP contribution in [0.15, 0.2) is 23.8 Å². The second-order valence-electron chi connectivity index (χ2n) is 8.01. The van der Waals surface area contributed by atoms with Crippen molar-refractivity contribution in [2.75, 3.05) is 0 Å². The minimum atomic E-state index is -0.865. The van der Waals surface area contributed by atoms with Crippen LogP contribution in [0.25, 0.3) is 0 Å². The highest BCUT2D eigenvalue weighted by molar-refractivity contribution is 5.91. The van der Waals surface area contributed by atoms with E-state index in [0.717, 1.165) is 38.5 Å². The molecule has 0 amide bonds. The van der Waals surface area contributed by atoms with Gasteiger partial charge in [0.1, 0.15) is 5.60 Å². The molecule has 6 atom stereocenters. The fourth-order valence-corrected chi connectivity index (χ4v) is 6.36. The normalized spacial score (nSPS) is 48.6. The van der Waals surface area contributed by atoms with E-state index in [1.807, 2.05) is 12.2 Å². The molecule has 0 heterocycles. The lowest BCUT2D eigenvalue weighted by Crippen LogP contribution is -2.54. The Labute approximate surface area is 140 Å². The van der Waals surface area contributed by atoms with Gasteiger partial charge in [0.25, 0.3) is 0 Å². The second-order valence-corrected chi connectivity index (χ2v) is 8.01. The van der Waals surface area contributed by atoms with Gasteiger partial charge in [-0.05, 0) is 74.3 Å². The molecule has 0 aliphatic heterocycles. The van der Waals surface area contributed by atoms with Crippen LogP contribution in [0.5, 0.6) is 0 Å². The van der Waals surface area contributed by atoms with Gasteiger partial charge in [-0.1, -0.05) is 24.5 Å². The van der Waals surface area contributed by atoms with E-state index >= 15 is 0 Å². The maximum absolute atomic E-state index is 11.8. The quantitative estimate of drug-likeness (QED) is 0.624. The first-order chi connectivity index (χ1) is 11.6. The summed E-state index contributed by atoms with van der Waals surface area (Å²) in [6.45, 7) is 2.19. The Hall–Kier alpha value is -1.33. The van der Waals surface area contributed by atoms with Gasteiger partial charge in [0, 0.05) is 11.8 Å². The van der Waals surface area contributed by atoms with Gasteiger partial charge >= 0.3 is 0 Å². The summed E-state index contributed by atoms with van der Waals surface area (Å²) in [6.07, 6.45) is 19.1. The molecule has 0 bridgehead atoms. The lowest BCUT2D eigenvalue weighted by atomic mass is 9.49. The van der Waals surface area contributed by atoms with Gasteiger partial charge in [-0.3, -0.25) is 4.79 Å². The highest BCUT2D eigenvalue weighted by atomic mass is 16.3. The number of allylic oxidation sites excluding steroid dienone is 3. The average Bonchev–Trinajstić information content (AvgIpc) is 2.96. The van der Waals surface area contributed by atoms with Crippen LogP contribution in [0.4, 0.5) is 0 Å². The first-order valence-electron chi connectivity index (χ1n) is 9.56. The number of ketones is 1. The monoisotopic (exact) mass is 311 g/mol. The zero-order valence-corrected chi connectivity index (χ0v) is 13.9. The summed E-state index contributed by atoms with van der Waals surface area (Å²) < 4.78 is 7.66. The Bertz CT molecular complexity index is 657. The number of hydrogen-bond donors (Lipinski definition) is 1. The van der Waals surface area contributed by atoms with Gasteiger partial charge in [0.2, 0.25) is 1.43 Å². The summed E-state index contributed by atoms with van der Waals surface area (Å²) >= 11 is 0. The summed E-state index contributed by atoms with van der Waals surface area (Å²) in [5, 5.41) is 5.18. The molecule has 0 aromatic rings. The predicted molar refractivity (Wildman–Crippen MR) is 90.4 cm³/mol. The van der Waals surface area contributed by atoms with E-state index in [4.69, 9.17) is 13.0 Å². The molecule has 4 aliphatic carbocycles. The van der Waals surface area contributed by atoms with Gasteiger partial charge in [-0.25, -0.2) is 0 Å². The number of rotatable bonds is 2. The van der Waals surface area contributed by atoms with Crippen LogP contribution in [0, 0.1) is 41.4 Å². The number of terminal acetylenes is 1. The maximum Gasteiger partial charge on any atom is 0.213 e. The van der Waals surface area contributed by atoms with Crippen LogP contribution in [-0.4, -0.2) is 17.9 Å². The summed E-state index contributed by atoms with van der Waals surface area (Å²) in [5.74, 6) is 5.39. The highest BCUT2D eigenvalue weighted by Crippen LogP contribution is 2.63. The molecular weight excluding hydrogens is 284 g/mol. The van der Waals surface area contributed by atoms with Crippen molar-refractivity contribution in [1.82, 2.24) is 0 Å². The Morgan fingerprint density at radius 3 is 3.00 bits per heavy atom. The van der Waals surface area contributed by atoms with Crippen molar-refractivity contribution in [1.29, 1.82) is 1.43 Å². The van der Waals surface area contributed by atoms with E-state index < -0.39 is 5.60 Å². The molecule has 4 aliphatic rings. The topological polar surface area (TPSA) is 37.3 Å². The molecule has 2 nitrogen and oxygen atoms in total. The summed E-state index contributed by atoms with van der Waals surface area (Å²) in [4.78, 5) is 11.8. The molecule has 0 aromatic heterocycles. The molecule has 0 spiro atoms. The standard InChI is InChI=1S/C21H26O2/c1-3-20-11-9-17-16-8-6-15(22)13-14(16)5-7-18(17)19(20)10-12-21(20,23)4-2/h2,10,12-13,16-19,23H,3,5-9,11H2,1H3/t16-,17+,18+,19-,20-,21-/m0/s1/i23D. The Morgan fingerprint density at radius 2 is 2.26 bits per heavy atom. The van der Waals surface area contributed by atoms with Gasteiger partial charge in [-0.15, -0.1) is 6.42 Å². The average molecular weight is 311 g/mol. The lowest BCUT2D eigenvalue weighted by Gasteiger charge is -2.55. The molecule has 2 saturated carbocycles. The summed E-state index contributed by atoms with van der Waals surface area (Å²) in [6, 6.07) is 0. The minimum Gasteiger partial charge on any atom is -0.373 e. The Morgan fingerprint density at radius 1 is 1.39 bits per heavy atom. The van der Waals surface area contributed by atoms with Gasteiger partial charge in [-0.2, -0.15) is 0 Å². The Balaban J connectivity index is 1.69. The van der Waals surface area contributed by atoms with Crippen molar-refractivity contribution in [3.8, 4) is 12.3 Å².